The van der Waals surface area contributed by atoms with Crippen molar-refractivity contribution >= 4 is 44.9 Å². The molecule has 3 aromatic heterocycles. The number of Topliss-reactive ketones (excluding diaryl/α,β-unsaturated/α-hetero) is 1. The van der Waals surface area contributed by atoms with Gasteiger partial charge >= 0.3 is 0 Å². The number of aromatic amines is 1. The largest absolute Gasteiger partial charge is 0.351 e. The number of hydrogen-bond donors (Lipinski definition) is 4. The van der Waals surface area contributed by atoms with Crippen molar-refractivity contribution < 1.29 is 4.79 Å². The lowest BCUT2D eigenvalue weighted by molar-refractivity contribution is -0.218. The Labute approximate surface area is 195 Å². The first-order valence-corrected chi connectivity index (χ1v) is 12.8. The van der Waals surface area contributed by atoms with E-state index in [-0.39, 0.29) is 11.6 Å². The van der Waals surface area contributed by atoms with Crippen molar-refractivity contribution in [3.05, 3.63) is 23.2 Å². The van der Waals surface area contributed by atoms with Gasteiger partial charge in [0.1, 0.15) is 10.6 Å². The molecule has 7 heterocycles. The van der Waals surface area contributed by atoms with Gasteiger partial charge in [-0.3, -0.25) is 14.8 Å². The Morgan fingerprint density at radius 3 is 2.85 bits per heavy atom. The van der Waals surface area contributed by atoms with Gasteiger partial charge in [0.25, 0.3) is 0 Å². The summed E-state index contributed by atoms with van der Waals surface area (Å²) < 4.78 is 0. The number of piperidine rings is 2. The SMILES string of the molecule is Cc1cc(Nc2nc(N[C@H]3C[C@@H]4CC5(C(=O)[C@H]6CCCN6)C[C@H](C3)N45)nc3sccc23)n[nH]1. The summed E-state index contributed by atoms with van der Waals surface area (Å²) >= 11 is 1.62. The second kappa shape index (κ2) is 7.22. The summed E-state index contributed by atoms with van der Waals surface area (Å²) in [7, 11) is 0. The number of carbonyl (C=O) groups is 1. The van der Waals surface area contributed by atoms with E-state index in [2.05, 4.69) is 31.0 Å². The summed E-state index contributed by atoms with van der Waals surface area (Å²) in [6, 6.07) is 5.41. The van der Waals surface area contributed by atoms with E-state index in [1.165, 1.54) is 0 Å². The molecule has 3 aromatic rings. The number of H-pyrrole nitrogens is 1. The molecule has 33 heavy (non-hydrogen) atoms. The number of nitrogens with zero attached hydrogens (tertiary/aromatic N) is 4. The first kappa shape index (κ1) is 19.9. The van der Waals surface area contributed by atoms with Crippen molar-refractivity contribution in [3.8, 4) is 0 Å². The number of anilines is 3. The highest BCUT2D eigenvalue weighted by Crippen LogP contribution is 2.57. The second-order valence-electron chi connectivity index (χ2n) is 10.1. The molecule has 0 amide bonds. The normalized spacial score (nSPS) is 32.8. The van der Waals surface area contributed by atoms with Crippen LogP contribution in [0.15, 0.2) is 17.5 Å². The maximum Gasteiger partial charge on any atom is 0.226 e. The number of nitrogens with one attached hydrogen (secondary N) is 4. The van der Waals surface area contributed by atoms with Crippen LogP contribution in [0.25, 0.3) is 10.2 Å². The molecule has 4 aliphatic heterocycles. The first-order valence-electron chi connectivity index (χ1n) is 12.0. The van der Waals surface area contributed by atoms with Crippen LogP contribution in [-0.4, -0.2) is 67.1 Å². The summed E-state index contributed by atoms with van der Waals surface area (Å²) in [6.45, 7) is 2.96. The predicted octanol–water partition coefficient (Wildman–Crippen LogP) is 2.95. The van der Waals surface area contributed by atoms with Crippen LogP contribution in [-0.2, 0) is 4.79 Å². The number of hydrogen-bond acceptors (Lipinski definition) is 9. The fourth-order valence-electron chi connectivity index (χ4n) is 6.67. The van der Waals surface area contributed by atoms with Crippen molar-refractivity contribution in [2.45, 2.75) is 75.2 Å². The van der Waals surface area contributed by atoms with Crippen LogP contribution in [0.3, 0.4) is 0 Å². The molecule has 0 saturated carbocycles. The second-order valence-corrected chi connectivity index (χ2v) is 11.0. The lowest BCUT2D eigenvalue weighted by atomic mass is 9.56. The highest BCUT2D eigenvalue weighted by atomic mass is 32.1. The van der Waals surface area contributed by atoms with Crippen molar-refractivity contribution in [3.63, 3.8) is 0 Å². The lowest BCUT2D eigenvalue weighted by Crippen LogP contribution is -2.85. The molecular weight excluding hydrogens is 436 g/mol. The van der Waals surface area contributed by atoms with Gasteiger partial charge in [0.2, 0.25) is 5.95 Å². The Morgan fingerprint density at radius 1 is 1.27 bits per heavy atom. The third-order valence-corrected chi connectivity index (χ3v) is 8.79. The zero-order valence-corrected chi connectivity index (χ0v) is 19.4. The van der Waals surface area contributed by atoms with Crippen LogP contribution in [0.2, 0.25) is 0 Å². The van der Waals surface area contributed by atoms with E-state index in [1.807, 2.05) is 24.4 Å². The van der Waals surface area contributed by atoms with Crippen molar-refractivity contribution in [1.29, 1.82) is 0 Å². The van der Waals surface area contributed by atoms with Gasteiger partial charge in [0, 0.05) is 29.9 Å². The molecule has 9 nitrogen and oxygen atoms in total. The van der Waals surface area contributed by atoms with Gasteiger partial charge in [-0.2, -0.15) is 10.1 Å². The van der Waals surface area contributed by atoms with Crippen LogP contribution >= 0.6 is 11.3 Å². The Morgan fingerprint density at radius 2 is 2.12 bits per heavy atom. The number of ketones is 1. The number of fused-ring (bicyclic) bond motifs is 1. The van der Waals surface area contributed by atoms with Gasteiger partial charge in [0.15, 0.2) is 11.6 Å². The average molecular weight is 465 g/mol. The summed E-state index contributed by atoms with van der Waals surface area (Å²) in [5.41, 5.74) is 0.838. The van der Waals surface area contributed by atoms with Crippen molar-refractivity contribution in [2.75, 3.05) is 17.2 Å². The zero-order chi connectivity index (χ0) is 22.2. The zero-order valence-electron chi connectivity index (χ0n) is 18.6. The molecule has 172 valence electrons. The number of carbonyl (C=O) groups excluding carboxylic acids is 1. The monoisotopic (exact) mass is 464 g/mol. The average Bonchev–Trinajstić information content (AvgIpc) is 3.51. The van der Waals surface area contributed by atoms with Crippen LogP contribution in [0, 0.1) is 6.92 Å². The van der Waals surface area contributed by atoms with E-state index < -0.39 is 0 Å². The Bertz CT molecular complexity index is 1210. The number of rotatable bonds is 6. The summed E-state index contributed by atoms with van der Waals surface area (Å²) in [5.74, 6) is 2.64. The molecule has 1 unspecified atom stereocenters. The van der Waals surface area contributed by atoms with Crippen molar-refractivity contribution in [1.82, 2.24) is 30.4 Å². The minimum atomic E-state index is -0.159. The maximum absolute atomic E-state index is 13.1. The first-order chi connectivity index (χ1) is 16.1. The van der Waals surface area contributed by atoms with E-state index in [1.54, 1.807) is 11.3 Å². The molecule has 0 radical (unpaired) electrons. The van der Waals surface area contributed by atoms with Gasteiger partial charge in [-0.25, -0.2) is 4.98 Å². The molecule has 4 saturated heterocycles. The smallest absolute Gasteiger partial charge is 0.226 e. The molecule has 0 spiro atoms. The van der Waals surface area contributed by atoms with Crippen LogP contribution in [0.1, 0.15) is 44.2 Å². The van der Waals surface area contributed by atoms with Crippen LogP contribution < -0.4 is 16.0 Å². The Kier molecular flexibility index (Phi) is 4.35. The highest BCUT2D eigenvalue weighted by molar-refractivity contribution is 7.16. The van der Waals surface area contributed by atoms with Crippen LogP contribution in [0.4, 0.5) is 17.6 Å². The van der Waals surface area contributed by atoms with Crippen LogP contribution in [0.5, 0.6) is 0 Å². The molecule has 4 N–H and O–H groups in total. The fraction of sp³-hybridized carbons (Fsp3) is 0.565. The van der Waals surface area contributed by atoms with Gasteiger partial charge in [-0.05, 0) is 63.4 Å². The molecular formula is C23H28N8OS. The summed E-state index contributed by atoms with van der Waals surface area (Å²) in [5, 5.41) is 20.7. The molecule has 7 rings (SSSR count). The predicted molar refractivity (Wildman–Crippen MR) is 128 cm³/mol. The molecule has 10 heteroatoms. The number of aromatic nitrogens is 4. The third kappa shape index (κ3) is 3.04. The molecule has 0 aromatic carbocycles. The molecule has 0 bridgehead atoms. The topological polar surface area (TPSA) is 111 Å². The number of thiophene rings is 1. The Hall–Kier alpha value is -2.56. The summed E-state index contributed by atoms with van der Waals surface area (Å²) in [6.07, 6.45) is 6.22. The van der Waals surface area contributed by atoms with Crippen molar-refractivity contribution in [2.24, 2.45) is 0 Å². The quantitative estimate of drug-likeness (QED) is 0.441. The van der Waals surface area contributed by atoms with Gasteiger partial charge in [-0.1, -0.05) is 0 Å². The lowest BCUT2D eigenvalue weighted by Gasteiger charge is -2.72. The van der Waals surface area contributed by atoms with E-state index in [4.69, 9.17) is 9.97 Å². The Balaban J connectivity index is 1.07. The molecule has 4 aliphatic rings. The van der Waals surface area contributed by atoms with Gasteiger partial charge in [0.05, 0.1) is 17.0 Å². The van der Waals surface area contributed by atoms with Gasteiger partial charge in [-0.15, -0.1) is 11.3 Å². The minimum absolute atomic E-state index is 0.0814. The maximum atomic E-state index is 13.1. The van der Waals surface area contributed by atoms with E-state index in [0.717, 1.165) is 72.6 Å². The summed E-state index contributed by atoms with van der Waals surface area (Å²) in [4.78, 5) is 26.2. The standard InChI is InChI=1S/C23H28N8OS/c1-12-7-18(30-29-12)26-20-16-4-6-33-21(16)28-22(27-20)25-13-8-14-10-23(11-15(9-13)31(14)23)19(32)17-3-2-5-24-17/h4,6-7,13-15,17,24H,2-3,5,8-11H2,1H3,(H3,25,26,27,28,29,30)/t13-,14+,15-,17-,23?/m1/s1. The van der Waals surface area contributed by atoms with E-state index >= 15 is 0 Å². The fourth-order valence-corrected chi connectivity index (χ4v) is 7.43. The number of aryl methyl sites for hydroxylation is 1. The van der Waals surface area contributed by atoms with Gasteiger partial charge < -0.3 is 16.0 Å². The van der Waals surface area contributed by atoms with E-state index in [0.29, 0.717) is 29.9 Å². The minimum Gasteiger partial charge on any atom is -0.351 e. The van der Waals surface area contributed by atoms with E-state index in [9.17, 15) is 4.79 Å². The highest BCUT2D eigenvalue weighted by Gasteiger charge is 2.69. The molecule has 0 aliphatic carbocycles. The molecule has 4 fully saturated rings. The molecule has 5 atom stereocenters. The third-order valence-electron chi connectivity index (χ3n) is 7.99.